The average Bonchev–Trinajstić information content (AvgIpc) is 2.67. The standard InChI is InChI=1S/C15H19Br2NO/c1-5-18-14(15(2,3)4)12-7-9-6-10(16)8-11(17)13(9)19-12/h6-8,14,18H,5H2,1-4H3. The molecule has 0 bridgehead atoms. The third-order valence-corrected chi connectivity index (χ3v) is 4.16. The predicted octanol–water partition coefficient (Wildman–Crippen LogP) is 5.65. The lowest BCUT2D eigenvalue weighted by Gasteiger charge is -2.29. The van der Waals surface area contributed by atoms with Crippen molar-refractivity contribution in [2.45, 2.75) is 33.7 Å². The Balaban J connectivity index is 2.52. The van der Waals surface area contributed by atoms with Gasteiger partial charge < -0.3 is 9.73 Å². The Morgan fingerprint density at radius 1 is 1.21 bits per heavy atom. The van der Waals surface area contributed by atoms with Crippen molar-refractivity contribution in [3.8, 4) is 0 Å². The van der Waals surface area contributed by atoms with Crippen molar-refractivity contribution < 1.29 is 4.42 Å². The predicted molar refractivity (Wildman–Crippen MR) is 87.5 cm³/mol. The molecule has 1 aromatic heterocycles. The van der Waals surface area contributed by atoms with E-state index in [1.807, 2.05) is 6.07 Å². The van der Waals surface area contributed by atoms with E-state index in [0.29, 0.717) is 0 Å². The molecule has 0 aliphatic heterocycles. The van der Waals surface area contributed by atoms with Crippen LogP contribution in [0.1, 0.15) is 39.5 Å². The lowest BCUT2D eigenvalue weighted by Crippen LogP contribution is -2.31. The van der Waals surface area contributed by atoms with Gasteiger partial charge in [0.25, 0.3) is 0 Å². The first-order valence-electron chi connectivity index (χ1n) is 6.44. The molecule has 0 saturated heterocycles. The van der Waals surface area contributed by atoms with E-state index in [0.717, 1.165) is 32.2 Å². The first kappa shape index (κ1) is 15.1. The first-order chi connectivity index (χ1) is 8.82. The molecule has 0 fully saturated rings. The van der Waals surface area contributed by atoms with Gasteiger partial charge >= 0.3 is 0 Å². The molecule has 0 radical (unpaired) electrons. The van der Waals surface area contributed by atoms with Gasteiger partial charge in [-0.3, -0.25) is 0 Å². The van der Waals surface area contributed by atoms with Gasteiger partial charge in [0.05, 0.1) is 10.5 Å². The molecule has 0 amide bonds. The van der Waals surface area contributed by atoms with Gasteiger partial charge in [0.1, 0.15) is 11.3 Å². The number of benzene rings is 1. The minimum Gasteiger partial charge on any atom is -0.458 e. The van der Waals surface area contributed by atoms with Crippen molar-refractivity contribution in [2.75, 3.05) is 6.54 Å². The summed E-state index contributed by atoms with van der Waals surface area (Å²) in [6.45, 7) is 9.70. The van der Waals surface area contributed by atoms with E-state index in [-0.39, 0.29) is 11.5 Å². The molecule has 104 valence electrons. The Morgan fingerprint density at radius 2 is 1.89 bits per heavy atom. The van der Waals surface area contributed by atoms with Gasteiger partial charge in [-0.25, -0.2) is 0 Å². The van der Waals surface area contributed by atoms with Crippen LogP contribution in [0.25, 0.3) is 11.0 Å². The fourth-order valence-electron chi connectivity index (χ4n) is 2.28. The molecule has 1 atom stereocenters. The summed E-state index contributed by atoms with van der Waals surface area (Å²) in [6.07, 6.45) is 0. The van der Waals surface area contributed by atoms with E-state index in [9.17, 15) is 0 Å². The van der Waals surface area contributed by atoms with Gasteiger partial charge in [-0.15, -0.1) is 0 Å². The van der Waals surface area contributed by atoms with Crippen molar-refractivity contribution in [3.63, 3.8) is 0 Å². The van der Waals surface area contributed by atoms with Crippen LogP contribution >= 0.6 is 31.9 Å². The van der Waals surface area contributed by atoms with Crippen LogP contribution in [0.15, 0.2) is 31.6 Å². The van der Waals surface area contributed by atoms with Crippen LogP contribution in [0.2, 0.25) is 0 Å². The number of hydrogen-bond donors (Lipinski definition) is 1. The van der Waals surface area contributed by atoms with Crippen molar-refractivity contribution in [1.29, 1.82) is 0 Å². The van der Waals surface area contributed by atoms with E-state index in [2.05, 4.69) is 77.0 Å². The minimum absolute atomic E-state index is 0.105. The molecule has 2 nitrogen and oxygen atoms in total. The molecule has 0 aliphatic carbocycles. The van der Waals surface area contributed by atoms with E-state index < -0.39 is 0 Å². The fraction of sp³-hybridized carbons (Fsp3) is 0.467. The van der Waals surface area contributed by atoms with Crippen LogP contribution < -0.4 is 5.32 Å². The Morgan fingerprint density at radius 3 is 2.47 bits per heavy atom. The molecule has 1 N–H and O–H groups in total. The lowest BCUT2D eigenvalue weighted by molar-refractivity contribution is 0.244. The highest BCUT2D eigenvalue weighted by Crippen LogP contribution is 2.38. The van der Waals surface area contributed by atoms with Gasteiger partial charge in [-0.1, -0.05) is 43.6 Å². The zero-order chi connectivity index (χ0) is 14.2. The SMILES string of the molecule is CCNC(c1cc2cc(Br)cc(Br)c2o1)C(C)(C)C. The fourth-order valence-corrected chi connectivity index (χ4v) is 3.61. The number of nitrogens with one attached hydrogen (secondary N) is 1. The Kier molecular flexibility index (Phi) is 4.43. The third kappa shape index (κ3) is 3.23. The number of furan rings is 1. The van der Waals surface area contributed by atoms with E-state index in [1.54, 1.807) is 0 Å². The number of fused-ring (bicyclic) bond motifs is 1. The normalized spacial score (nSPS) is 14.0. The molecule has 0 saturated carbocycles. The van der Waals surface area contributed by atoms with E-state index in [4.69, 9.17) is 4.42 Å². The second-order valence-electron chi connectivity index (χ2n) is 5.81. The molecular weight excluding hydrogens is 370 g/mol. The molecular formula is C15H19Br2NO. The summed E-state index contributed by atoms with van der Waals surface area (Å²) in [4.78, 5) is 0. The minimum atomic E-state index is 0.105. The van der Waals surface area contributed by atoms with Gasteiger partial charge in [0, 0.05) is 9.86 Å². The van der Waals surface area contributed by atoms with Gasteiger partial charge in [-0.05, 0) is 46.1 Å². The maximum Gasteiger partial charge on any atom is 0.148 e. The summed E-state index contributed by atoms with van der Waals surface area (Å²) in [6, 6.07) is 6.42. The van der Waals surface area contributed by atoms with Crippen molar-refractivity contribution in [3.05, 3.63) is 32.9 Å². The summed E-state index contributed by atoms with van der Waals surface area (Å²) < 4.78 is 8.09. The largest absolute Gasteiger partial charge is 0.458 e. The van der Waals surface area contributed by atoms with Crippen molar-refractivity contribution in [1.82, 2.24) is 5.32 Å². The highest BCUT2D eigenvalue weighted by atomic mass is 79.9. The quantitative estimate of drug-likeness (QED) is 0.734. The Hall–Kier alpha value is -0.320. The van der Waals surface area contributed by atoms with Crippen molar-refractivity contribution >= 4 is 42.8 Å². The molecule has 2 aromatic rings. The average molecular weight is 389 g/mol. The summed E-state index contributed by atoms with van der Waals surface area (Å²) in [7, 11) is 0. The van der Waals surface area contributed by atoms with Gasteiger partial charge in [0.2, 0.25) is 0 Å². The summed E-state index contributed by atoms with van der Waals surface area (Å²) in [5.41, 5.74) is 1.01. The maximum atomic E-state index is 6.06. The lowest BCUT2D eigenvalue weighted by atomic mass is 9.85. The second kappa shape index (κ2) is 5.58. The maximum absolute atomic E-state index is 6.06. The van der Waals surface area contributed by atoms with Crippen LogP contribution in [0, 0.1) is 5.41 Å². The molecule has 2 rings (SSSR count). The van der Waals surface area contributed by atoms with Gasteiger partial charge in [-0.2, -0.15) is 0 Å². The molecule has 0 aliphatic rings. The van der Waals surface area contributed by atoms with Crippen LogP contribution in [0.5, 0.6) is 0 Å². The molecule has 1 heterocycles. The molecule has 0 spiro atoms. The molecule has 1 unspecified atom stereocenters. The van der Waals surface area contributed by atoms with Crippen LogP contribution in [-0.2, 0) is 0 Å². The van der Waals surface area contributed by atoms with E-state index >= 15 is 0 Å². The van der Waals surface area contributed by atoms with Crippen LogP contribution in [0.3, 0.4) is 0 Å². The third-order valence-electron chi connectivity index (χ3n) is 3.11. The van der Waals surface area contributed by atoms with Gasteiger partial charge in [0.15, 0.2) is 0 Å². The monoisotopic (exact) mass is 387 g/mol. The topological polar surface area (TPSA) is 25.2 Å². The van der Waals surface area contributed by atoms with E-state index in [1.165, 1.54) is 0 Å². The first-order valence-corrected chi connectivity index (χ1v) is 8.03. The zero-order valence-corrected chi connectivity index (χ0v) is 14.9. The Labute approximate surface area is 131 Å². The van der Waals surface area contributed by atoms with Crippen LogP contribution in [-0.4, -0.2) is 6.54 Å². The number of hydrogen-bond acceptors (Lipinski definition) is 2. The molecule has 1 aromatic carbocycles. The summed E-state index contributed by atoms with van der Waals surface area (Å²) >= 11 is 7.07. The smallest absolute Gasteiger partial charge is 0.148 e. The van der Waals surface area contributed by atoms with Crippen LogP contribution in [0.4, 0.5) is 0 Å². The highest BCUT2D eigenvalue weighted by Gasteiger charge is 2.28. The van der Waals surface area contributed by atoms with Crippen molar-refractivity contribution in [2.24, 2.45) is 5.41 Å². The number of rotatable bonds is 3. The summed E-state index contributed by atoms with van der Waals surface area (Å²) in [5, 5.41) is 4.63. The molecule has 4 heteroatoms. The zero-order valence-electron chi connectivity index (χ0n) is 11.7. The summed E-state index contributed by atoms with van der Waals surface area (Å²) in [5.74, 6) is 0.989. The second-order valence-corrected chi connectivity index (χ2v) is 7.58. The number of halogens is 2. The highest BCUT2D eigenvalue weighted by molar-refractivity contribution is 9.11. The Bertz CT molecular complexity index is 584. The molecule has 19 heavy (non-hydrogen) atoms.